The highest BCUT2D eigenvalue weighted by Crippen LogP contribution is 2.32. The highest BCUT2D eigenvalue weighted by molar-refractivity contribution is 6.31. The lowest BCUT2D eigenvalue weighted by atomic mass is 10.1. The van der Waals surface area contributed by atoms with Crippen molar-refractivity contribution < 1.29 is 9.53 Å². The summed E-state index contributed by atoms with van der Waals surface area (Å²) < 4.78 is 5.67. The second kappa shape index (κ2) is 8.54. The summed E-state index contributed by atoms with van der Waals surface area (Å²) in [6.45, 7) is 4.14. The predicted octanol–water partition coefficient (Wildman–Crippen LogP) is 2.02. The minimum atomic E-state index is -0.211. The zero-order valence-electron chi connectivity index (χ0n) is 15.5. The molecule has 0 saturated carbocycles. The minimum absolute atomic E-state index is 0.0866. The molecule has 0 spiro atoms. The van der Waals surface area contributed by atoms with Crippen molar-refractivity contribution in [3.05, 3.63) is 35.0 Å². The molecular formula is C19H24ClN5O2. The lowest BCUT2D eigenvalue weighted by Crippen LogP contribution is -2.27. The molecule has 1 unspecified atom stereocenters. The van der Waals surface area contributed by atoms with Crippen LogP contribution >= 0.6 is 11.6 Å². The van der Waals surface area contributed by atoms with E-state index in [4.69, 9.17) is 27.1 Å². The van der Waals surface area contributed by atoms with E-state index in [-0.39, 0.29) is 12.5 Å². The summed E-state index contributed by atoms with van der Waals surface area (Å²) in [5, 5.41) is 3.21. The number of halogens is 1. The number of aryl methyl sites for hydroxylation is 1. The van der Waals surface area contributed by atoms with Crippen LogP contribution in [0.3, 0.4) is 0 Å². The van der Waals surface area contributed by atoms with E-state index in [1.807, 2.05) is 25.1 Å². The quantitative estimate of drug-likeness (QED) is 0.785. The number of carbonyl (C=O) groups is 1. The minimum Gasteiger partial charge on any atom is -0.478 e. The van der Waals surface area contributed by atoms with E-state index in [1.165, 1.54) is 0 Å². The fourth-order valence-electron chi connectivity index (χ4n) is 2.99. The van der Waals surface area contributed by atoms with Gasteiger partial charge in [0.2, 0.25) is 0 Å². The van der Waals surface area contributed by atoms with Gasteiger partial charge in [0.05, 0.1) is 6.20 Å². The molecule has 1 aliphatic rings. The van der Waals surface area contributed by atoms with Crippen LogP contribution in [-0.4, -0.2) is 49.2 Å². The number of nitrogens with zero attached hydrogens (tertiary/aromatic N) is 3. The van der Waals surface area contributed by atoms with Crippen LogP contribution < -0.4 is 20.7 Å². The molecule has 8 heteroatoms. The van der Waals surface area contributed by atoms with Gasteiger partial charge in [-0.15, -0.1) is 0 Å². The number of aromatic nitrogens is 2. The number of likely N-dealkylation sites (N-methyl/N-ethyl adjacent to an activating group) is 1. The molecule has 1 saturated heterocycles. The average molecular weight is 390 g/mol. The van der Waals surface area contributed by atoms with Crippen molar-refractivity contribution in [2.45, 2.75) is 13.3 Å². The van der Waals surface area contributed by atoms with Crippen molar-refractivity contribution in [2.24, 2.45) is 11.7 Å². The Hall–Kier alpha value is -2.38. The Balaban J connectivity index is 1.94. The largest absolute Gasteiger partial charge is 0.478 e. The van der Waals surface area contributed by atoms with Gasteiger partial charge in [0.25, 0.3) is 5.91 Å². The van der Waals surface area contributed by atoms with E-state index in [2.05, 4.69) is 15.2 Å². The monoisotopic (exact) mass is 389 g/mol. The molecule has 1 aromatic carbocycles. The van der Waals surface area contributed by atoms with Gasteiger partial charge in [-0.3, -0.25) is 4.79 Å². The molecule has 0 bridgehead atoms. The number of rotatable bonds is 6. The number of carbonyl (C=O) groups excluding carboxylic acids is 1. The maximum atomic E-state index is 11.6. The van der Waals surface area contributed by atoms with Gasteiger partial charge in [-0.05, 0) is 37.4 Å². The molecule has 0 radical (unpaired) electrons. The Bertz CT molecular complexity index is 830. The lowest BCUT2D eigenvalue weighted by Gasteiger charge is -2.21. The summed E-state index contributed by atoms with van der Waals surface area (Å²) in [6.07, 6.45) is 2.62. The number of amides is 1. The molecule has 1 atom stereocenters. The van der Waals surface area contributed by atoms with Gasteiger partial charge in [-0.1, -0.05) is 23.7 Å². The molecule has 1 aromatic heterocycles. The molecule has 1 amide bonds. The maximum absolute atomic E-state index is 11.6. The Labute approximate surface area is 163 Å². The van der Waals surface area contributed by atoms with Gasteiger partial charge in [-0.25, -0.2) is 9.97 Å². The Kier molecular flexibility index (Phi) is 6.13. The van der Waals surface area contributed by atoms with Crippen LogP contribution in [-0.2, 0) is 4.79 Å². The summed E-state index contributed by atoms with van der Waals surface area (Å²) in [5.74, 6) is 1.94. The summed E-state index contributed by atoms with van der Waals surface area (Å²) in [4.78, 5) is 22.8. The van der Waals surface area contributed by atoms with E-state index < -0.39 is 0 Å². The normalized spacial score (nSPS) is 16.4. The van der Waals surface area contributed by atoms with Crippen LogP contribution in [0.5, 0.6) is 5.75 Å². The number of benzene rings is 1. The predicted molar refractivity (Wildman–Crippen MR) is 106 cm³/mol. The summed E-state index contributed by atoms with van der Waals surface area (Å²) in [7, 11) is 1.57. The van der Waals surface area contributed by atoms with Gasteiger partial charge in [0.1, 0.15) is 0 Å². The van der Waals surface area contributed by atoms with Gasteiger partial charge in [0, 0.05) is 30.7 Å². The summed E-state index contributed by atoms with van der Waals surface area (Å²) in [6, 6.07) is 5.74. The highest BCUT2D eigenvalue weighted by Gasteiger charge is 2.26. The number of ether oxygens (including phenoxy) is 1. The first-order valence-electron chi connectivity index (χ1n) is 8.93. The van der Waals surface area contributed by atoms with Crippen molar-refractivity contribution in [1.82, 2.24) is 15.3 Å². The first-order chi connectivity index (χ1) is 13.0. The van der Waals surface area contributed by atoms with Crippen LogP contribution in [0.4, 0.5) is 5.82 Å². The van der Waals surface area contributed by atoms with Gasteiger partial charge < -0.3 is 20.7 Å². The summed E-state index contributed by atoms with van der Waals surface area (Å²) in [5.41, 5.74) is 7.65. The molecule has 1 fully saturated rings. The van der Waals surface area contributed by atoms with Gasteiger partial charge in [0.15, 0.2) is 24.0 Å². The Morgan fingerprint density at radius 1 is 1.48 bits per heavy atom. The number of nitrogens with one attached hydrogen (secondary N) is 1. The van der Waals surface area contributed by atoms with Crippen molar-refractivity contribution in [3.63, 3.8) is 0 Å². The molecule has 27 heavy (non-hydrogen) atoms. The number of anilines is 1. The third kappa shape index (κ3) is 4.48. The third-order valence-corrected chi connectivity index (χ3v) is 5.13. The fraction of sp³-hybridized carbons (Fsp3) is 0.421. The molecular weight excluding hydrogens is 366 g/mol. The highest BCUT2D eigenvalue weighted by atomic mass is 35.5. The fourth-order valence-corrected chi connectivity index (χ4v) is 3.17. The number of hydrogen-bond donors (Lipinski definition) is 2. The molecule has 7 nitrogen and oxygen atoms in total. The first-order valence-corrected chi connectivity index (χ1v) is 9.31. The second-order valence-electron chi connectivity index (χ2n) is 6.64. The Morgan fingerprint density at radius 3 is 2.96 bits per heavy atom. The molecule has 0 aliphatic carbocycles. The van der Waals surface area contributed by atoms with Gasteiger partial charge >= 0.3 is 0 Å². The molecule has 3 N–H and O–H groups in total. The van der Waals surface area contributed by atoms with Crippen LogP contribution in [0.25, 0.3) is 11.4 Å². The van der Waals surface area contributed by atoms with Crippen molar-refractivity contribution in [2.75, 3.05) is 38.2 Å². The zero-order valence-corrected chi connectivity index (χ0v) is 16.3. The molecule has 3 rings (SSSR count). The lowest BCUT2D eigenvalue weighted by molar-refractivity contribution is -0.122. The van der Waals surface area contributed by atoms with E-state index in [1.54, 1.807) is 13.2 Å². The van der Waals surface area contributed by atoms with Crippen LogP contribution in [0, 0.1) is 12.8 Å². The van der Waals surface area contributed by atoms with Crippen LogP contribution in [0.15, 0.2) is 24.4 Å². The topological polar surface area (TPSA) is 93.4 Å². The molecule has 1 aliphatic heterocycles. The van der Waals surface area contributed by atoms with Crippen molar-refractivity contribution in [3.8, 4) is 17.1 Å². The molecule has 2 heterocycles. The molecule has 2 aromatic rings. The van der Waals surface area contributed by atoms with E-state index >= 15 is 0 Å². The second-order valence-corrected chi connectivity index (χ2v) is 7.05. The summed E-state index contributed by atoms with van der Waals surface area (Å²) >= 11 is 6.25. The Morgan fingerprint density at radius 2 is 2.30 bits per heavy atom. The van der Waals surface area contributed by atoms with Crippen molar-refractivity contribution in [1.29, 1.82) is 0 Å². The molecule has 144 valence electrons. The van der Waals surface area contributed by atoms with Crippen LogP contribution in [0.1, 0.15) is 12.0 Å². The SMILES string of the molecule is CNC(=O)COc1cnc(-c2ccc(C)c(Cl)c2)nc1N1CCC(CN)C1. The first kappa shape index (κ1) is 19.4. The van der Waals surface area contributed by atoms with Crippen molar-refractivity contribution >= 4 is 23.3 Å². The maximum Gasteiger partial charge on any atom is 0.257 e. The van der Waals surface area contributed by atoms with E-state index in [9.17, 15) is 4.79 Å². The third-order valence-electron chi connectivity index (χ3n) is 4.72. The van der Waals surface area contributed by atoms with E-state index in [0.29, 0.717) is 34.9 Å². The number of nitrogens with two attached hydrogens (primary N) is 1. The zero-order chi connectivity index (χ0) is 19.4. The van der Waals surface area contributed by atoms with Crippen LogP contribution in [0.2, 0.25) is 5.02 Å². The smallest absolute Gasteiger partial charge is 0.257 e. The van der Waals surface area contributed by atoms with Gasteiger partial charge in [-0.2, -0.15) is 0 Å². The number of hydrogen-bond acceptors (Lipinski definition) is 6. The standard InChI is InChI=1S/C19H24ClN5O2/c1-12-3-4-14(7-15(12)20)18-23-9-16(27-11-17(26)22-2)19(24-18)25-6-5-13(8-21)10-25/h3-4,7,9,13H,5-6,8,10-11,21H2,1-2H3,(H,22,26). The average Bonchev–Trinajstić information content (AvgIpc) is 3.17. The van der Waals surface area contributed by atoms with E-state index in [0.717, 1.165) is 30.6 Å².